The molecule has 1 N–H and O–H groups in total. The van der Waals surface area contributed by atoms with Crippen LogP contribution in [-0.2, 0) is 13.1 Å². The van der Waals surface area contributed by atoms with Gasteiger partial charge in [0.05, 0.1) is 5.69 Å². The number of hydrogen-bond acceptors (Lipinski definition) is 2. The summed E-state index contributed by atoms with van der Waals surface area (Å²) in [6, 6.07) is 2.13. The Morgan fingerprint density at radius 2 is 2.12 bits per heavy atom. The first kappa shape index (κ1) is 12.6. The number of nitrogens with zero attached hydrogens (tertiary/aromatic N) is 2. The minimum atomic E-state index is 0.347. The smallest absolute Gasteiger partial charge is 0.0522 e. The third kappa shape index (κ3) is 3.32. The molecule has 0 amide bonds. The van der Waals surface area contributed by atoms with Crippen LogP contribution in [0.15, 0.2) is 12.3 Å². The molecule has 0 unspecified atom stereocenters. The summed E-state index contributed by atoms with van der Waals surface area (Å²) in [6.07, 6.45) is 9.84. The normalized spacial score (nSPS) is 19.4. The Labute approximate surface area is 105 Å². The number of nitrogens with one attached hydrogen (secondary N) is 1. The van der Waals surface area contributed by atoms with E-state index in [2.05, 4.69) is 35.0 Å². The fourth-order valence-corrected chi connectivity index (χ4v) is 2.74. The molecule has 1 aliphatic carbocycles. The third-order valence-electron chi connectivity index (χ3n) is 3.89. The van der Waals surface area contributed by atoms with Crippen molar-refractivity contribution in [2.45, 2.75) is 71.0 Å². The van der Waals surface area contributed by atoms with Gasteiger partial charge in [0.2, 0.25) is 0 Å². The Morgan fingerprint density at radius 3 is 2.82 bits per heavy atom. The fourth-order valence-electron chi connectivity index (χ4n) is 2.74. The molecule has 1 fully saturated rings. The summed E-state index contributed by atoms with van der Waals surface area (Å²) in [7, 11) is 0. The van der Waals surface area contributed by atoms with Crippen molar-refractivity contribution >= 4 is 0 Å². The summed E-state index contributed by atoms with van der Waals surface area (Å²) in [4.78, 5) is 0. The van der Waals surface area contributed by atoms with Crippen LogP contribution in [0.2, 0.25) is 0 Å². The van der Waals surface area contributed by atoms with Crippen LogP contribution < -0.4 is 5.32 Å². The number of rotatable bonds is 5. The molecule has 0 saturated heterocycles. The lowest BCUT2D eigenvalue weighted by Crippen LogP contribution is -2.43. The topological polar surface area (TPSA) is 29.9 Å². The molecule has 0 spiro atoms. The van der Waals surface area contributed by atoms with Gasteiger partial charge in [0.15, 0.2) is 0 Å². The largest absolute Gasteiger partial charge is 0.306 e. The van der Waals surface area contributed by atoms with E-state index in [9.17, 15) is 0 Å². The Kier molecular flexibility index (Phi) is 4.21. The zero-order chi connectivity index (χ0) is 12.1. The van der Waals surface area contributed by atoms with Crippen molar-refractivity contribution in [2.24, 2.45) is 0 Å². The first-order chi connectivity index (χ1) is 8.23. The molecule has 0 aliphatic heterocycles. The maximum Gasteiger partial charge on any atom is 0.0522 e. The molecule has 96 valence electrons. The molecule has 1 aromatic rings. The molecule has 0 bridgehead atoms. The van der Waals surface area contributed by atoms with Crippen molar-refractivity contribution in [2.75, 3.05) is 0 Å². The second kappa shape index (κ2) is 5.67. The standard InChI is InChI=1S/C14H25N3/c1-3-11-17-13(7-10-16-17)12-15-14(2)8-5-4-6-9-14/h7,10,15H,3-6,8-9,11-12H2,1-2H3. The van der Waals surface area contributed by atoms with Gasteiger partial charge in [-0.25, -0.2) is 0 Å². The van der Waals surface area contributed by atoms with Crippen LogP contribution in [0.1, 0.15) is 58.1 Å². The average Bonchev–Trinajstić information content (AvgIpc) is 2.76. The molecule has 3 heteroatoms. The van der Waals surface area contributed by atoms with E-state index in [0.29, 0.717) is 5.54 Å². The van der Waals surface area contributed by atoms with Crippen molar-refractivity contribution in [3.8, 4) is 0 Å². The third-order valence-corrected chi connectivity index (χ3v) is 3.89. The molecule has 1 heterocycles. The predicted octanol–water partition coefficient (Wildman–Crippen LogP) is 3.11. The molecular formula is C14H25N3. The lowest BCUT2D eigenvalue weighted by molar-refractivity contribution is 0.250. The number of aryl methyl sites for hydroxylation is 1. The van der Waals surface area contributed by atoms with Crippen LogP contribution in [0.5, 0.6) is 0 Å². The summed E-state index contributed by atoms with van der Waals surface area (Å²) in [5.74, 6) is 0. The van der Waals surface area contributed by atoms with E-state index < -0.39 is 0 Å². The second-order valence-electron chi connectivity index (χ2n) is 5.52. The van der Waals surface area contributed by atoms with Gasteiger partial charge >= 0.3 is 0 Å². The van der Waals surface area contributed by atoms with Crippen LogP contribution in [0.25, 0.3) is 0 Å². The van der Waals surface area contributed by atoms with Crippen molar-refractivity contribution in [1.29, 1.82) is 0 Å². The minimum Gasteiger partial charge on any atom is -0.306 e. The first-order valence-corrected chi connectivity index (χ1v) is 6.99. The van der Waals surface area contributed by atoms with Crippen molar-refractivity contribution in [1.82, 2.24) is 15.1 Å². The van der Waals surface area contributed by atoms with E-state index in [1.54, 1.807) is 0 Å². The molecule has 1 aliphatic rings. The van der Waals surface area contributed by atoms with Crippen LogP contribution in [0.3, 0.4) is 0 Å². The molecule has 1 saturated carbocycles. The monoisotopic (exact) mass is 235 g/mol. The Bertz CT molecular complexity index is 337. The quantitative estimate of drug-likeness (QED) is 0.850. The average molecular weight is 235 g/mol. The highest BCUT2D eigenvalue weighted by molar-refractivity contribution is 5.01. The van der Waals surface area contributed by atoms with Gasteiger partial charge in [0.1, 0.15) is 0 Å². The highest BCUT2D eigenvalue weighted by Crippen LogP contribution is 2.27. The minimum absolute atomic E-state index is 0.347. The molecule has 1 aromatic heterocycles. The molecule has 2 rings (SSSR count). The maximum absolute atomic E-state index is 4.37. The zero-order valence-corrected chi connectivity index (χ0v) is 11.2. The maximum atomic E-state index is 4.37. The fraction of sp³-hybridized carbons (Fsp3) is 0.786. The molecule has 0 aromatic carbocycles. The summed E-state index contributed by atoms with van der Waals surface area (Å²) in [5, 5.41) is 8.11. The summed E-state index contributed by atoms with van der Waals surface area (Å²) >= 11 is 0. The van der Waals surface area contributed by atoms with Gasteiger partial charge in [-0.2, -0.15) is 5.10 Å². The lowest BCUT2D eigenvalue weighted by atomic mass is 9.83. The molecule has 0 radical (unpaired) electrons. The first-order valence-electron chi connectivity index (χ1n) is 6.99. The van der Waals surface area contributed by atoms with Crippen molar-refractivity contribution in [3.05, 3.63) is 18.0 Å². The summed E-state index contributed by atoms with van der Waals surface area (Å²) < 4.78 is 2.12. The molecule has 3 nitrogen and oxygen atoms in total. The van der Waals surface area contributed by atoms with Gasteiger partial charge < -0.3 is 5.32 Å². The van der Waals surface area contributed by atoms with Crippen LogP contribution in [0.4, 0.5) is 0 Å². The van der Waals surface area contributed by atoms with Crippen LogP contribution in [-0.4, -0.2) is 15.3 Å². The molecular weight excluding hydrogens is 210 g/mol. The Balaban J connectivity index is 1.90. The predicted molar refractivity (Wildman–Crippen MR) is 70.8 cm³/mol. The highest BCUT2D eigenvalue weighted by atomic mass is 15.3. The molecule has 0 atom stereocenters. The lowest BCUT2D eigenvalue weighted by Gasteiger charge is -2.34. The highest BCUT2D eigenvalue weighted by Gasteiger charge is 2.25. The Morgan fingerprint density at radius 1 is 1.35 bits per heavy atom. The van der Waals surface area contributed by atoms with Crippen molar-refractivity contribution < 1.29 is 0 Å². The summed E-state index contributed by atoms with van der Waals surface area (Å²) in [6.45, 7) is 6.55. The van der Waals surface area contributed by atoms with E-state index in [0.717, 1.165) is 19.5 Å². The molecule has 17 heavy (non-hydrogen) atoms. The Hall–Kier alpha value is -0.830. The zero-order valence-electron chi connectivity index (χ0n) is 11.2. The number of aromatic nitrogens is 2. The van der Waals surface area contributed by atoms with Gasteiger partial charge in [-0.3, -0.25) is 4.68 Å². The van der Waals surface area contributed by atoms with Crippen molar-refractivity contribution in [3.63, 3.8) is 0 Å². The van der Waals surface area contributed by atoms with Gasteiger partial charge in [0, 0.05) is 24.8 Å². The van der Waals surface area contributed by atoms with E-state index >= 15 is 0 Å². The summed E-state index contributed by atoms with van der Waals surface area (Å²) in [5.41, 5.74) is 1.66. The van der Waals surface area contributed by atoms with E-state index in [1.165, 1.54) is 37.8 Å². The van der Waals surface area contributed by atoms with E-state index in [4.69, 9.17) is 0 Å². The van der Waals surface area contributed by atoms with Crippen LogP contribution in [0, 0.1) is 0 Å². The SMILES string of the molecule is CCCn1nccc1CNC1(C)CCCCC1. The second-order valence-corrected chi connectivity index (χ2v) is 5.52. The van der Waals surface area contributed by atoms with E-state index in [1.807, 2.05) is 6.20 Å². The van der Waals surface area contributed by atoms with Gasteiger partial charge in [-0.1, -0.05) is 26.2 Å². The van der Waals surface area contributed by atoms with Crippen LogP contribution >= 0.6 is 0 Å². The van der Waals surface area contributed by atoms with Gasteiger partial charge in [-0.15, -0.1) is 0 Å². The van der Waals surface area contributed by atoms with E-state index in [-0.39, 0.29) is 0 Å². The number of hydrogen-bond donors (Lipinski definition) is 1. The van der Waals surface area contributed by atoms with Gasteiger partial charge in [-0.05, 0) is 32.3 Å². The van der Waals surface area contributed by atoms with Gasteiger partial charge in [0.25, 0.3) is 0 Å².